The van der Waals surface area contributed by atoms with Gasteiger partial charge in [0, 0.05) is 46.7 Å². The molecule has 11 bridgehead atoms. The molecule has 0 unspecified atom stereocenters. The predicted molar refractivity (Wildman–Crippen MR) is 385 cm³/mol. The van der Waals surface area contributed by atoms with Crippen molar-refractivity contribution in [1.29, 1.82) is 0 Å². The molecule has 5 aromatic rings. The largest absolute Gasteiger partial charge is 0.508 e. The number of hydrogen-bond donors (Lipinski definition) is 19. The topological polar surface area (TPSA) is 566 Å². The van der Waals surface area contributed by atoms with Crippen LogP contribution in [0.25, 0.3) is 11.1 Å². The van der Waals surface area contributed by atoms with Crippen molar-refractivity contribution in [3.8, 4) is 57.1 Å². The van der Waals surface area contributed by atoms with E-state index in [-0.39, 0.29) is 53.4 Å². The average molecular weight is 1570 g/mol. The SMILES string of the molecule is CC(C)C[C@H](C(=O)N[C@H]1C(=O)N[C@@H](CC(N)=O)C(=O)N[C@H]2C(=O)N[C@H]3C(=O)N[C@H](C(=O)N[C@H](C(=O)O)c4cc(O)cc(O)c4-c4cc3ccc4O)[C@H](O[C@H]3C[C@](C)(N)[C@@H](O)[C@H](C)O3)c3ccc(c(Cl)c3)Oc3cc2cc(c3O[C@@H]2O[C@H](CO)[C@@H](O)[C@H](O)[C@H]2O[C@H]2C[C@](C)(N)[C@H](O)[C@H](C)O2)Oc2ccc(cc2)[C@H]1O)N(C)C. The van der Waals surface area contributed by atoms with Crippen molar-refractivity contribution < 1.29 is 127 Å². The van der Waals surface area contributed by atoms with Crippen LogP contribution in [0.3, 0.4) is 0 Å². The van der Waals surface area contributed by atoms with Crippen LogP contribution < -0.4 is 63.3 Å². The molecular formula is C74H91ClN10O26. The van der Waals surface area contributed by atoms with Crippen molar-refractivity contribution in [2.75, 3.05) is 20.7 Å². The number of carbonyl (C=O) groups excluding carboxylic acids is 7. The number of nitrogens with two attached hydrogens (primary N) is 3. The number of primary amides is 1. The number of carboxylic acid groups (broad SMARTS) is 1. The smallest absolute Gasteiger partial charge is 0.330 e. The third-order valence-corrected chi connectivity index (χ3v) is 20.6. The fraction of sp³-hybridized carbons (Fsp3) is 0.486. The van der Waals surface area contributed by atoms with Gasteiger partial charge in [0.1, 0.15) is 89.5 Å². The van der Waals surface area contributed by atoms with Gasteiger partial charge in [-0.15, -0.1) is 0 Å². The minimum Gasteiger partial charge on any atom is -0.508 e. The van der Waals surface area contributed by atoms with Gasteiger partial charge in [0.05, 0.1) is 48.5 Å². The van der Waals surface area contributed by atoms with Gasteiger partial charge in [-0.1, -0.05) is 49.7 Å². The summed E-state index contributed by atoms with van der Waals surface area (Å²) in [5, 5.41) is 129. The Kier molecular flexibility index (Phi) is 24.5. The van der Waals surface area contributed by atoms with Gasteiger partial charge < -0.3 is 138 Å². The minimum absolute atomic E-state index is 0.0508. The van der Waals surface area contributed by atoms with Crippen LogP contribution in [-0.4, -0.2) is 227 Å². The number of nitrogens with zero attached hydrogens (tertiary/aromatic N) is 1. The number of aromatic hydroxyl groups is 3. The number of aliphatic carboxylic acids is 1. The van der Waals surface area contributed by atoms with E-state index >= 15 is 24.0 Å². The molecule has 36 nitrogen and oxygen atoms in total. The van der Waals surface area contributed by atoms with Crippen LogP contribution >= 0.6 is 11.6 Å². The molecule has 5 aromatic carbocycles. The Labute approximate surface area is 639 Å². The zero-order valence-corrected chi connectivity index (χ0v) is 62.1. The summed E-state index contributed by atoms with van der Waals surface area (Å²) >= 11 is 7.35. The molecule has 22 N–H and O–H groups in total. The summed E-state index contributed by atoms with van der Waals surface area (Å²) in [6, 6.07) is 1.60. The third kappa shape index (κ3) is 17.7. The van der Waals surface area contributed by atoms with E-state index in [4.69, 9.17) is 66.7 Å². The van der Waals surface area contributed by atoms with E-state index in [0.29, 0.717) is 0 Å². The first-order chi connectivity index (χ1) is 52.2. The number of ether oxygens (including phenoxy) is 8. The predicted octanol–water partition coefficient (Wildman–Crippen LogP) is 0.0325. The molecule has 13 rings (SSSR count). The number of likely N-dealkylation sites (N-methyl/N-ethyl adjacent to an activating group) is 1. The maximum atomic E-state index is 16.4. The second kappa shape index (κ2) is 33.0. The summed E-state index contributed by atoms with van der Waals surface area (Å²) in [7, 11) is 3.22. The summed E-state index contributed by atoms with van der Waals surface area (Å²) in [5.41, 5.74) is 13.6. The number of benzene rings is 5. The molecule has 0 radical (unpaired) electrons. The van der Waals surface area contributed by atoms with Gasteiger partial charge in [-0.2, -0.15) is 0 Å². The van der Waals surface area contributed by atoms with Gasteiger partial charge in [0.15, 0.2) is 36.2 Å². The molecule has 8 aliphatic heterocycles. The van der Waals surface area contributed by atoms with Crippen molar-refractivity contribution in [2.24, 2.45) is 23.1 Å². The molecule has 0 aromatic heterocycles. The number of fused-ring (bicyclic) bond motifs is 15. The number of phenols is 3. The van der Waals surface area contributed by atoms with Crippen molar-refractivity contribution in [1.82, 2.24) is 36.8 Å². The van der Waals surface area contributed by atoms with Crippen LogP contribution in [0.5, 0.6) is 46.0 Å². The average Bonchev–Trinajstić information content (AvgIpc) is 0.773. The third-order valence-electron chi connectivity index (χ3n) is 20.3. The lowest BCUT2D eigenvalue weighted by Crippen LogP contribution is -2.64. The van der Waals surface area contributed by atoms with Gasteiger partial charge in [-0.05, 0) is 131 Å². The number of rotatable bonds is 15. The van der Waals surface area contributed by atoms with Crippen LogP contribution in [0.1, 0.15) is 125 Å². The maximum absolute atomic E-state index is 16.4. The first-order valence-electron chi connectivity index (χ1n) is 35.6. The highest BCUT2D eigenvalue weighted by atomic mass is 35.5. The zero-order valence-electron chi connectivity index (χ0n) is 61.3. The highest BCUT2D eigenvalue weighted by Crippen LogP contribution is 2.50. The second-order valence-corrected chi connectivity index (χ2v) is 30.2. The van der Waals surface area contributed by atoms with Crippen molar-refractivity contribution in [3.63, 3.8) is 0 Å². The maximum Gasteiger partial charge on any atom is 0.330 e. The molecule has 3 fully saturated rings. The summed E-state index contributed by atoms with van der Waals surface area (Å²) < 4.78 is 51.7. The lowest BCUT2D eigenvalue weighted by atomic mass is 9.86. The minimum atomic E-state index is -2.34. The number of halogens is 1. The Hall–Kier alpha value is -9.61. The monoisotopic (exact) mass is 1570 g/mol. The first-order valence-corrected chi connectivity index (χ1v) is 36.0. The number of hydrogen-bond acceptors (Lipinski definition) is 28. The Bertz CT molecular complexity index is 4380. The first kappa shape index (κ1) is 82.4. The standard InChI is InChI=1S/C74H91ClN10O26/c1-28(2)17-41(85(7)8)66(97)83-55-57(91)31-9-13-36(14-10-31)106-45-20-34-21-46(61(45)111-72-62(59(93)58(92)47(27-86)108-72)110-50-26-74(6,78)64(95)30(4)105-50)107-44-16-12-33(19-39(44)75)60(109-49-25-73(5,77)63(94)29(3)104-49)56-70(101)82-54(71(102)103)38-22-35(87)23-43(89)51(38)37-18-32(11-15-42(37)88)52(67(98)84-56)81-68(99)53(34)80-65(96)40(24-48(76)90)79-69(55)100/h9-16,18-23,28-30,40-41,47,49-50,52-60,62-64,72,86-89,91-95H,17,24-27,77-78H2,1-8H3,(H2,76,90)(H,79,100)(H,80,96)(H,81,99)(H,82,101)(H,83,97)(H,84,98)(H,102,103)/t29-,30-,40-,41+,47+,49-,50-,52+,53+,54-,55+,56-,57+,58+,59-,60+,62+,63-,64+,72-,73-,74-/m0/s1. The van der Waals surface area contributed by atoms with E-state index in [1.54, 1.807) is 19.0 Å². The summed E-state index contributed by atoms with van der Waals surface area (Å²) in [6.45, 7) is 8.69. The van der Waals surface area contributed by atoms with E-state index in [0.717, 1.165) is 42.5 Å². The fourth-order valence-electron chi connectivity index (χ4n) is 14.4. The molecular weight excluding hydrogens is 1480 g/mol. The summed E-state index contributed by atoms with van der Waals surface area (Å²) in [6.07, 6.45) is -22.4. The highest BCUT2D eigenvalue weighted by Gasteiger charge is 2.52. The molecule has 0 saturated carbocycles. The van der Waals surface area contributed by atoms with E-state index in [9.17, 15) is 65.4 Å². The Balaban J connectivity index is 1.18. The molecule has 37 heteroatoms. The van der Waals surface area contributed by atoms with Gasteiger partial charge in [-0.25, -0.2) is 4.79 Å². The lowest BCUT2D eigenvalue weighted by Gasteiger charge is -2.47. The lowest BCUT2D eigenvalue weighted by molar-refractivity contribution is -0.333. The number of aliphatic hydroxyl groups is 6. The molecule has 0 spiro atoms. The molecule has 600 valence electrons. The fourth-order valence-corrected chi connectivity index (χ4v) is 14.6. The number of carbonyl (C=O) groups is 8. The van der Waals surface area contributed by atoms with Crippen LogP contribution in [0.4, 0.5) is 0 Å². The Morgan fingerprint density at radius 2 is 1.27 bits per heavy atom. The molecule has 111 heavy (non-hydrogen) atoms. The molecule has 0 aliphatic carbocycles. The second-order valence-electron chi connectivity index (χ2n) is 29.8. The molecule has 7 amide bonds. The number of carboxylic acids is 1. The van der Waals surface area contributed by atoms with Gasteiger partial charge in [-0.3, -0.25) is 38.5 Å². The highest BCUT2D eigenvalue weighted by molar-refractivity contribution is 6.32. The number of amides is 7. The van der Waals surface area contributed by atoms with E-state index < -0.39 is 255 Å². The summed E-state index contributed by atoms with van der Waals surface area (Å²) in [4.78, 5) is 122. The molecule has 22 atom stereocenters. The van der Waals surface area contributed by atoms with Gasteiger partial charge in [0.25, 0.3) is 0 Å². The molecule has 3 saturated heterocycles. The van der Waals surface area contributed by atoms with Crippen molar-refractivity contribution in [2.45, 2.75) is 201 Å². The van der Waals surface area contributed by atoms with Crippen LogP contribution in [-0.2, 0) is 62.0 Å². The zero-order chi connectivity index (χ0) is 80.9. The van der Waals surface area contributed by atoms with Crippen LogP contribution in [0.2, 0.25) is 5.02 Å². The number of phenolic OH excluding ortho intramolecular Hbond substituents is 3. The Morgan fingerprint density at radius 1 is 0.676 bits per heavy atom. The summed E-state index contributed by atoms with van der Waals surface area (Å²) in [5.74, 6) is -15.4. The van der Waals surface area contributed by atoms with E-state index in [1.807, 2.05) is 13.8 Å². The van der Waals surface area contributed by atoms with Gasteiger partial charge >= 0.3 is 5.97 Å². The van der Waals surface area contributed by atoms with E-state index in [2.05, 4.69) is 31.9 Å². The molecule has 8 heterocycles. The van der Waals surface area contributed by atoms with Crippen molar-refractivity contribution >= 4 is 58.9 Å². The normalized spacial score (nSPS) is 32.1. The van der Waals surface area contributed by atoms with Crippen molar-refractivity contribution in [3.05, 3.63) is 118 Å². The van der Waals surface area contributed by atoms with Crippen LogP contribution in [0.15, 0.2) is 84.9 Å². The Morgan fingerprint density at radius 3 is 1.86 bits per heavy atom. The van der Waals surface area contributed by atoms with E-state index in [1.165, 1.54) is 70.2 Å². The number of nitrogens with one attached hydrogen (secondary N) is 6. The quantitative estimate of drug-likeness (QED) is 0.0657. The van der Waals surface area contributed by atoms with Crippen LogP contribution in [0, 0.1) is 5.92 Å². The number of aliphatic hydroxyl groups excluding tert-OH is 6. The molecule has 8 aliphatic rings. The van der Waals surface area contributed by atoms with Gasteiger partial charge in [0.2, 0.25) is 53.4 Å².